The number of carbonyl (C=O) groups excluding carboxylic acids is 1. The SMILES string of the molecule is O=C(NCCCN1CCOCC1)c1cccnc1Nc1cccc(C(F)(F)F)c1. The van der Waals surface area contributed by atoms with Crippen LogP contribution in [0.4, 0.5) is 24.7 Å². The molecule has 0 radical (unpaired) electrons. The standard InChI is InChI=1S/C20H23F3N4O2/c21-20(22,23)15-4-1-5-16(14-15)26-18-17(6-2-7-24-18)19(28)25-8-3-9-27-10-12-29-13-11-27/h1-2,4-7,14H,3,8-13H2,(H,24,26)(H,25,28). The van der Waals surface area contributed by atoms with Crippen LogP contribution in [0.25, 0.3) is 0 Å². The zero-order chi connectivity index (χ0) is 20.7. The highest BCUT2D eigenvalue weighted by molar-refractivity contribution is 5.99. The van der Waals surface area contributed by atoms with E-state index in [4.69, 9.17) is 4.74 Å². The lowest BCUT2D eigenvalue weighted by Gasteiger charge is -2.26. The van der Waals surface area contributed by atoms with Crippen molar-refractivity contribution in [1.29, 1.82) is 0 Å². The summed E-state index contributed by atoms with van der Waals surface area (Å²) in [4.78, 5) is 18.9. The zero-order valence-electron chi connectivity index (χ0n) is 15.8. The molecule has 3 rings (SSSR count). The van der Waals surface area contributed by atoms with E-state index in [2.05, 4.69) is 20.5 Å². The first kappa shape index (κ1) is 21.1. The minimum atomic E-state index is -4.44. The zero-order valence-corrected chi connectivity index (χ0v) is 15.8. The second-order valence-electron chi connectivity index (χ2n) is 6.67. The molecule has 2 heterocycles. The first-order valence-electron chi connectivity index (χ1n) is 9.41. The Hall–Kier alpha value is -2.65. The lowest BCUT2D eigenvalue weighted by molar-refractivity contribution is -0.137. The Balaban J connectivity index is 1.59. The highest BCUT2D eigenvalue weighted by Gasteiger charge is 2.30. The monoisotopic (exact) mass is 408 g/mol. The molecule has 156 valence electrons. The number of ether oxygens (including phenoxy) is 1. The van der Waals surface area contributed by atoms with Crippen molar-refractivity contribution in [2.24, 2.45) is 0 Å². The molecule has 0 atom stereocenters. The van der Waals surface area contributed by atoms with E-state index in [0.717, 1.165) is 51.4 Å². The number of aromatic nitrogens is 1. The van der Waals surface area contributed by atoms with Crippen LogP contribution in [-0.4, -0.2) is 55.2 Å². The molecule has 0 unspecified atom stereocenters. The van der Waals surface area contributed by atoms with E-state index in [-0.39, 0.29) is 23.0 Å². The predicted molar refractivity (Wildman–Crippen MR) is 103 cm³/mol. The van der Waals surface area contributed by atoms with Crippen molar-refractivity contribution in [3.05, 3.63) is 53.7 Å². The number of alkyl halides is 3. The fourth-order valence-electron chi connectivity index (χ4n) is 3.02. The third-order valence-electron chi connectivity index (χ3n) is 4.55. The molecule has 1 fully saturated rings. The molecule has 1 aliphatic heterocycles. The minimum Gasteiger partial charge on any atom is -0.379 e. The Morgan fingerprint density at radius 1 is 1.17 bits per heavy atom. The largest absolute Gasteiger partial charge is 0.416 e. The molecule has 6 nitrogen and oxygen atoms in total. The van der Waals surface area contributed by atoms with Gasteiger partial charge in [-0.1, -0.05) is 6.07 Å². The lowest BCUT2D eigenvalue weighted by atomic mass is 10.2. The number of hydrogen-bond acceptors (Lipinski definition) is 5. The van der Waals surface area contributed by atoms with Crippen LogP contribution >= 0.6 is 0 Å². The maximum absolute atomic E-state index is 12.9. The van der Waals surface area contributed by atoms with Crippen molar-refractivity contribution < 1.29 is 22.7 Å². The van der Waals surface area contributed by atoms with E-state index >= 15 is 0 Å². The maximum Gasteiger partial charge on any atom is 0.416 e. The quantitative estimate of drug-likeness (QED) is 0.689. The highest BCUT2D eigenvalue weighted by atomic mass is 19.4. The van der Waals surface area contributed by atoms with Crippen molar-refractivity contribution in [2.75, 3.05) is 44.7 Å². The van der Waals surface area contributed by atoms with Gasteiger partial charge in [0.25, 0.3) is 5.91 Å². The summed E-state index contributed by atoms with van der Waals surface area (Å²) in [7, 11) is 0. The van der Waals surface area contributed by atoms with Gasteiger partial charge in [-0.3, -0.25) is 9.69 Å². The molecule has 0 aliphatic carbocycles. The third-order valence-corrected chi connectivity index (χ3v) is 4.55. The molecule has 2 N–H and O–H groups in total. The smallest absolute Gasteiger partial charge is 0.379 e. The van der Waals surface area contributed by atoms with E-state index in [1.165, 1.54) is 18.3 Å². The molecule has 0 saturated carbocycles. The molecular formula is C20H23F3N4O2. The Kier molecular flexibility index (Phi) is 7.05. The van der Waals surface area contributed by atoms with Gasteiger partial charge in [-0.25, -0.2) is 4.98 Å². The highest BCUT2D eigenvalue weighted by Crippen LogP contribution is 2.31. The van der Waals surface area contributed by atoms with E-state index in [1.54, 1.807) is 12.1 Å². The fraction of sp³-hybridized carbons (Fsp3) is 0.400. The van der Waals surface area contributed by atoms with E-state index < -0.39 is 11.7 Å². The molecule has 1 aromatic heterocycles. The average molecular weight is 408 g/mol. The van der Waals surface area contributed by atoms with Gasteiger partial charge in [0.15, 0.2) is 0 Å². The van der Waals surface area contributed by atoms with Gasteiger partial charge in [-0.2, -0.15) is 13.2 Å². The van der Waals surface area contributed by atoms with Crippen LogP contribution in [0.3, 0.4) is 0 Å². The summed E-state index contributed by atoms with van der Waals surface area (Å²) >= 11 is 0. The Bertz CT molecular complexity index is 823. The minimum absolute atomic E-state index is 0.206. The van der Waals surface area contributed by atoms with Crippen LogP contribution in [0, 0.1) is 0 Å². The van der Waals surface area contributed by atoms with Gasteiger partial charge in [-0.15, -0.1) is 0 Å². The Morgan fingerprint density at radius 2 is 1.97 bits per heavy atom. The first-order valence-corrected chi connectivity index (χ1v) is 9.41. The average Bonchev–Trinajstić information content (AvgIpc) is 2.72. The molecule has 1 saturated heterocycles. The van der Waals surface area contributed by atoms with Crippen molar-refractivity contribution in [3.8, 4) is 0 Å². The van der Waals surface area contributed by atoms with Crippen molar-refractivity contribution in [1.82, 2.24) is 15.2 Å². The topological polar surface area (TPSA) is 66.5 Å². The Morgan fingerprint density at radius 3 is 2.72 bits per heavy atom. The summed E-state index contributed by atoms with van der Waals surface area (Å²) in [5.41, 5.74) is -0.288. The first-order chi connectivity index (χ1) is 13.9. The van der Waals surface area contributed by atoms with Crippen LogP contribution in [0.2, 0.25) is 0 Å². The summed E-state index contributed by atoms with van der Waals surface area (Å²) < 4.78 is 44.0. The van der Waals surface area contributed by atoms with Gasteiger partial charge < -0.3 is 15.4 Å². The Labute approximate surface area is 167 Å². The molecule has 2 aromatic rings. The van der Waals surface area contributed by atoms with E-state index in [0.29, 0.717) is 6.54 Å². The maximum atomic E-state index is 12.9. The summed E-state index contributed by atoms with van der Waals surface area (Å²) in [6.07, 6.45) is -2.17. The van der Waals surface area contributed by atoms with E-state index in [9.17, 15) is 18.0 Å². The molecule has 0 bridgehead atoms. The van der Waals surface area contributed by atoms with Gasteiger partial charge in [-0.05, 0) is 43.3 Å². The number of amides is 1. The number of nitrogens with zero attached hydrogens (tertiary/aromatic N) is 2. The number of carbonyl (C=O) groups is 1. The fourth-order valence-corrected chi connectivity index (χ4v) is 3.02. The number of nitrogens with one attached hydrogen (secondary N) is 2. The molecule has 0 spiro atoms. The summed E-state index contributed by atoms with van der Waals surface area (Å²) in [5, 5.41) is 5.66. The summed E-state index contributed by atoms with van der Waals surface area (Å²) in [5.74, 6) is -0.118. The van der Waals surface area contributed by atoms with Crippen molar-refractivity contribution in [2.45, 2.75) is 12.6 Å². The number of hydrogen-bond donors (Lipinski definition) is 2. The third kappa shape index (κ3) is 6.16. The number of halogens is 3. The van der Waals surface area contributed by atoms with Crippen LogP contribution in [0.1, 0.15) is 22.3 Å². The molecule has 1 amide bonds. The molecule has 1 aliphatic rings. The second-order valence-corrected chi connectivity index (χ2v) is 6.67. The number of rotatable bonds is 7. The van der Waals surface area contributed by atoms with Gasteiger partial charge in [0.05, 0.1) is 24.3 Å². The van der Waals surface area contributed by atoms with Crippen LogP contribution < -0.4 is 10.6 Å². The van der Waals surface area contributed by atoms with Gasteiger partial charge >= 0.3 is 6.18 Å². The van der Waals surface area contributed by atoms with Crippen molar-refractivity contribution >= 4 is 17.4 Å². The van der Waals surface area contributed by atoms with Crippen LogP contribution in [-0.2, 0) is 10.9 Å². The second kappa shape index (κ2) is 9.71. The molecule has 1 aromatic carbocycles. The number of benzene rings is 1. The normalized spacial score (nSPS) is 15.1. The van der Waals surface area contributed by atoms with Gasteiger partial charge in [0.2, 0.25) is 0 Å². The molecule has 29 heavy (non-hydrogen) atoms. The van der Waals surface area contributed by atoms with Gasteiger partial charge in [0, 0.05) is 31.5 Å². The molecular weight excluding hydrogens is 385 g/mol. The van der Waals surface area contributed by atoms with Gasteiger partial charge in [0.1, 0.15) is 5.82 Å². The summed E-state index contributed by atoms with van der Waals surface area (Å²) in [6.45, 7) is 4.60. The molecule has 9 heteroatoms. The number of pyridine rings is 1. The number of morpholine rings is 1. The summed E-state index contributed by atoms with van der Waals surface area (Å²) in [6, 6.07) is 7.97. The predicted octanol–water partition coefficient (Wildman–Crippen LogP) is 3.30. The van der Waals surface area contributed by atoms with E-state index in [1.807, 2.05) is 0 Å². The number of anilines is 2. The van der Waals surface area contributed by atoms with Crippen molar-refractivity contribution in [3.63, 3.8) is 0 Å². The lowest BCUT2D eigenvalue weighted by Crippen LogP contribution is -2.38. The van der Waals surface area contributed by atoms with Crippen LogP contribution in [0.15, 0.2) is 42.6 Å². The van der Waals surface area contributed by atoms with Crippen LogP contribution in [0.5, 0.6) is 0 Å².